The summed E-state index contributed by atoms with van der Waals surface area (Å²) in [5.74, 6) is 2.49. The molecule has 0 aliphatic rings. The molecule has 0 saturated carbocycles. The Kier molecular flexibility index (Phi) is 3.31. The van der Waals surface area contributed by atoms with Gasteiger partial charge in [0.15, 0.2) is 0 Å². The van der Waals surface area contributed by atoms with E-state index in [2.05, 4.69) is 17.8 Å². The predicted molar refractivity (Wildman–Crippen MR) is 40.8 cm³/mol. The zero-order chi connectivity index (χ0) is 7.28. The molecule has 1 nitrogen and oxygen atoms in total. The van der Waals surface area contributed by atoms with E-state index < -0.39 is 0 Å². The van der Waals surface area contributed by atoms with Crippen LogP contribution in [-0.2, 0) is 0 Å². The first-order valence-corrected chi connectivity index (χ1v) is 2.72. The molecule has 9 heavy (non-hydrogen) atoms. The van der Waals surface area contributed by atoms with Crippen molar-refractivity contribution in [3.63, 3.8) is 0 Å². The zero-order valence-electron chi connectivity index (χ0n) is 5.86. The van der Waals surface area contributed by atoms with Crippen molar-refractivity contribution in [2.45, 2.75) is 6.92 Å². The van der Waals surface area contributed by atoms with Crippen LogP contribution in [0.2, 0.25) is 0 Å². The van der Waals surface area contributed by atoms with Crippen LogP contribution in [0.3, 0.4) is 0 Å². The van der Waals surface area contributed by atoms with Crippen LogP contribution >= 0.6 is 0 Å². The maximum atomic E-state index is 5.09. The van der Waals surface area contributed by atoms with Crippen LogP contribution in [0.15, 0.2) is 23.9 Å². The van der Waals surface area contributed by atoms with Crippen molar-refractivity contribution in [1.82, 2.24) is 5.32 Å². The Morgan fingerprint density at radius 1 is 1.78 bits per heavy atom. The van der Waals surface area contributed by atoms with E-state index in [0.29, 0.717) is 0 Å². The summed E-state index contributed by atoms with van der Waals surface area (Å²) in [6.07, 6.45) is 6.91. The molecule has 0 aromatic carbocycles. The van der Waals surface area contributed by atoms with E-state index >= 15 is 0 Å². The molecule has 0 radical (unpaired) electrons. The summed E-state index contributed by atoms with van der Waals surface area (Å²) in [6, 6.07) is 0. The Labute approximate surface area is 56.5 Å². The fourth-order valence-electron chi connectivity index (χ4n) is 0.375. The van der Waals surface area contributed by atoms with Gasteiger partial charge in [-0.3, -0.25) is 0 Å². The average molecular weight is 121 g/mol. The molecule has 0 unspecified atom stereocenters. The Bertz CT molecular complexity index is 169. The lowest BCUT2D eigenvalue weighted by Gasteiger charge is -1.95. The lowest BCUT2D eigenvalue weighted by Crippen LogP contribution is -2.00. The van der Waals surface area contributed by atoms with Gasteiger partial charge in [0.25, 0.3) is 0 Å². The van der Waals surface area contributed by atoms with E-state index in [-0.39, 0.29) is 0 Å². The largest absolute Gasteiger partial charge is 0.389 e. The Morgan fingerprint density at radius 3 is 2.67 bits per heavy atom. The molecule has 0 heterocycles. The van der Waals surface area contributed by atoms with Crippen LogP contribution in [0.25, 0.3) is 0 Å². The van der Waals surface area contributed by atoms with Gasteiger partial charge in [-0.25, -0.2) is 0 Å². The summed E-state index contributed by atoms with van der Waals surface area (Å²) >= 11 is 0. The van der Waals surface area contributed by atoms with Crippen molar-refractivity contribution < 1.29 is 0 Å². The molecule has 0 saturated heterocycles. The summed E-state index contributed by atoms with van der Waals surface area (Å²) in [4.78, 5) is 0. The lowest BCUT2D eigenvalue weighted by atomic mass is 10.3. The Hall–Kier alpha value is -1.16. The van der Waals surface area contributed by atoms with Crippen molar-refractivity contribution in [2.24, 2.45) is 0 Å². The molecular formula is C8H11N. The normalized spacial score (nSPS) is 10.1. The molecule has 0 aliphatic heterocycles. The second-order valence-electron chi connectivity index (χ2n) is 1.75. The van der Waals surface area contributed by atoms with Crippen LogP contribution in [-0.4, -0.2) is 7.05 Å². The summed E-state index contributed by atoms with van der Waals surface area (Å²) in [5.41, 5.74) is 1.72. The number of rotatable bonds is 2. The molecule has 0 fully saturated rings. The number of nitrogens with one attached hydrogen (secondary N) is 1. The second-order valence-corrected chi connectivity index (χ2v) is 1.75. The second kappa shape index (κ2) is 3.80. The maximum absolute atomic E-state index is 5.09. The SMILES string of the molecule is C#C/C(C)=C/C(=C)NC. The van der Waals surface area contributed by atoms with Gasteiger partial charge >= 0.3 is 0 Å². The van der Waals surface area contributed by atoms with Crippen LogP contribution in [0.5, 0.6) is 0 Å². The minimum atomic E-state index is 0.838. The molecule has 0 bridgehead atoms. The van der Waals surface area contributed by atoms with Crippen molar-refractivity contribution in [2.75, 3.05) is 7.05 Å². The smallest absolute Gasteiger partial charge is 0.0273 e. The Balaban J connectivity index is 4.00. The van der Waals surface area contributed by atoms with Crippen LogP contribution in [0.4, 0.5) is 0 Å². The van der Waals surface area contributed by atoms with Gasteiger partial charge in [-0.1, -0.05) is 12.5 Å². The highest BCUT2D eigenvalue weighted by Crippen LogP contribution is 1.93. The topological polar surface area (TPSA) is 12.0 Å². The van der Waals surface area contributed by atoms with Crippen LogP contribution < -0.4 is 5.32 Å². The van der Waals surface area contributed by atoms with Gasteiger partial charge in [0.05, 0.1) is 0 Å². The fourth-order valence-corrected chi connectivity index (χ4v) is 0.375. The molecular weight excluding hydrogens is 110 g/mol. The van der Waals surface area contributed by atoms with Crippen LogP contribution in [0.1, 0.15) is 6.92 Å². The van der Waals surface area contributed by atoms with Gasteiger partial charge in [-0.05, 0) is 13.0 Å². The first kappa shape index (κ1) is 7.84. The quantitative estimate of drug-likeness (QED) is 0.429. The van der Waals surface area contributed by atoms with Gasteiger partial charge in [0.1, 0.15) is 0 Å². The van der Waals surface area contributed by atoms with E-state index in [1.54, 1.807) is 0 Å². The summed E-state index contributed by atoms with van der Waals surface area (Å²) < 4.78 is 0. The highest BCUT2D eigenvalue weighted by molar-refractivity contribution is 5.29. The van der Waals surface area contributed by atoms with Gasteiger partial charge < -0.3 is 5.32 Å². The van der Waals surface area contributed by atoms with E-state index in [0.717, 1.165) is 11.3 Å². The first-order valence-electron chi connectivity index (χ1n) is 2.72. The molecule has 0 aliphatic carbocycles. The first-order chi connectivity index (χ1) is 4.20. The van der Waals surface area contributed by atoms with Gasteiger partial charge in [-0.2, -0.15) is 0 Å². The van der Waals surface area contributed by atoms with E-state index in [9.17, 15) is 0 Å². The molecule has 1 N–H and O–H groups in total. The summed E-state index contributed by atoms with van der Waals surface area (Å²) in [6.45, 7) is 5.54. The monoisotopic (exact) mass is 121 g/mol. The minimum Gasteiger partial charge on any atom is -0.389 e. The van der Waals surface area contributed by atoms with E-state index in [1.807, 2.05) is 20.0 Å². The van der Waals surface area contributed by atoms with E-state index in [1.165, 1.54) is 0 Å². The number of hydrogen-bond acceptors (Lipinski definition) is 1. The molecule has 1 heteroatoms. The van der Waals surface area contributed by atoms with Gasteiger partial charge in [-0.15, -0.1) is 6.42 Å². The summed E-state index contributed by atoms with van der Waals surface area (Å²) in [5, 5.41) is 2.86. The molecule has 0 aromatic heterocycles. The lowest BCUT2D eigenvalue weighted by molar-refractivity contribution is 1.04. The summed E-state index contributed by atoms with van der Waals surface area (Å²) in [7, 11) is 1.81. The minimum absolute atomic E-state index is 0.838. The van der Waals surface area contributed by atoms with E-state index in [4.69, 9.17) is 6.42 Å². The van der Waals surface area contributed by atoms with Crippen molar-refractivity contribution in [3.8, 4) is 12.3 Å². The zero-order valence-corrected chi connectivity index (χ0v) is 5.86. The third kappa shape index (κ3) is 3.42. The number of likely N-dealkylation sites (N-methyl/N-ethyl adjacent to an activating group) is 1. The van der Waals surface area contributed by atoms with Gasteiger partial charge in [0.2, 0.25) is 0 Å². The standard InChI is InChI=1S/C8H11N/c1-5-7(2)6-8(3)9-4/h1,6,9H,3H2,2,4H3/b7-6+. The number of allylic oxidation sites excluding steroid dienone is 2. The molecule has 0 rings (SSSR count). The maximum Gasteiger partial charge on any atom is 0.0273 e. The molecule has 0 spiro atoms. The molecule has 0 amide bonds. The molecule has 0 atom stereocenters. The number of hydrogen-bond donors (Lipinski definition) is 1. The third-order valence-corrected chi connectivity index (χ3v) is 0.940. The molecule has 48 valence electrons. The average Bonchev–Trinajstić information content (AvgIpc) is 1.87. The predicted octanol–water partition coefficient (Wildman–Crippen LogP) is 1.30. The highest BCUT2D eigenvalue weighted by Gasteiger charge is 1.81. The van der Waals surface area contributed by atoms with Crippen molar-refractivity contribution in [1.29, 1.82) is 0 Å². The highest BCUT2D eigenvalue weighted by atomic mass is 14.8. The fraction of sp³-hybridized carbons (Fsp3) is 0.250. The number of terminal acetylenes is 1. The van der Waals surface area contributed by atoms with Crippen molar-refractivity contribution >= 4 is 0 Å². The molecule has 0 aromatic rings. The Morgan fingerprint density at radius 2 is 2.33 bits per heavy atom. The van der Waals surface area contributed by atoms with Gasteiger partial charge in [0, 0.05) is 18.3 Å². The van der Waals surface area contributed by atoms with Crippen molar-refractivity contribution in [3.05, 3.63) is 23.9 Å². The van der Waals surface area contributed by atoms with Crippen LogP contribution in [0, 0.1) is 12.3 Å². The third-order valence-electron chi connectivity index (χ3n) is 0.940.